The van der Waals surface area contributed by atoms with Gasteiger partial charge in [0.2, 0.25) is 0 Å². The molecule has 1 saturated heterocycles. The van der Waals surface area contributed by atoms with Crippen LogP contribution in [0, 0.1) is 0 Å². The number of hydrogen-bond donors (Lipinski definition) is 0. The van der Waals surface area contributed by atoms with Crippen molar-refractivity contribution >= 4 is 17.6 Å². The molecule has 0 aliphatic carbocycles. The molecule has 1 fully saturated rings. The van der Waals surface area contributed by atoms with Gasteiger partial charge in [0.05, 0.1) is 25.5 Å². The van der Waals surface area contributed by atoms with Crippen LogP contribution in [0.15, 0.2) is 48.5 Å². The van der Waals surface area contributed by atoms with Crippen LogP contribution in [-0.2, 0) is 4.74 Å². The smallest absolute Gasteiger partial charge is 0.339 e. The number of esters is 1. The highest BCUT2D eigenvalue weighted by Crippen LogP contribution is 2.23. The Hall–Kier alpha value is -3.02. The maximum absolute atomic E-state index is 12.7. The quantitative estimate of drug-likeness (QED) is 0.790. The molecule has 1 aliphatic rings. The highest BCUT2D eigenvalue weighted by molar-refractivity contribution is 5.96. The predicted octanol–water partition coefficient (Wildman–Crippen LogP) is 2.44. The van der Waals surface area contributed by atoms with Crippen molar-refractivity contribution in [3.05, 3.63) is 59.7 Å². The summed E-state index contributed by atoms with van der Waals surface area (Å²) in [4.78, 5) is 28.6. The third kappa shape index (κ3) is 3.64. The Balaban J connectivity index is 1.67. The third-order valence-corrected chi connectivity index (χ3v) is 4.55. The van der Waals surface area contributed by atoms with Gasteiger partial charge < -0.3 is 19.3 Å². The summed E-state index contributed by atoms with van der Waals surface area (Å²) in [5.41, 5.74) is 2.04. The van der Waals surface area contributed by atoms with E-state index < -0.39 is 0 Å². The van der Waals surface area contributed by atoms with Crippen molar-refractivity contribution < 1.29 is 19.1 Å². The number of carbonyl (C=O) groups is 2. The van der Waals surface area contributed by atoms with Crippen molar-refractivity contribution in [1.82, 2.24) is 4.90 Å². The average Bonchev–Trinajstić information content (AvgIpc) is 2.73. The minimum atomic E-state index is -0.350. The molecule has 0 atom stereocenters. The summed E-state index contributed by atoms with van der Waals surface area (Å²) in [5.74, 6) is 0.386. The number of para-hydroxylation sites is 1. The SMILES string of the molecule is COC(=O)c1ccccc1N1CCN(C(=O)c2ccc(OC)cc2)CC1. The fourth-order valence-corrected chi connectivity index (χ4v) is 3.10. The number of anilines is 1. The lowest BCUT2D eigenvalue weighted by Gasteiger charge is -2.36. The number of amides is 1. The fraction of sp³-hybridized carbons (Fsp3) is 0.300. The first kappa shape index (κ1) is 17.8. The van der Waals surface area contributed by atoms with Gasteiger partial charge in [-0.1, -0.05) is 12.1 Å². The molecule has 1 aliphatic heterocycles. The van der Waals surface area contributed by atoms with Crippen LogP contribution in [0.5, 0.6) is 5.75 Å². The second kappa shape index (κ2) is 7.91. The summed E-state index contributed by atoms with van der Waals surface area (Å²) >= 11 is 0. The van der Waals surface area contributed by atoms with E-state index in [0.29, 0.717) is 37.3 Å². The minimum absolute atomic E-state index is 0.00792. The van der Waals surface area contributed by atoms with Gasteiger partial charge in [-0.25, -0.2) is 4.79 Å². The van der Waals surface area contributed by atoms with Crippen LogP contribution in [0.2, 0.25) is 0 Å². The molecule has 1 heterocycles. The molecular weight excluding hydrogens is 332 g/mol. The molecule has 6 heteroatoms. The molecule has 0 N–H and O–H groups in total. The van der Waals surface area contributed by atoms with E-state index in [0.717, 1.165) is 11.4 Å². The van der Waals surface area contributed by atoms with E-state index in [1.165, 1.54) is 7.11 Å². The monoisotopic (exact) mass is 354 g/mol. The fourth-order valence-electron chi connectivity index (χ4n) is 3.10. The molecule has 0 unspecified atom stereocenters. The highest BCUT2D eigenvalue weighted by Gasteiger charge is 2.24. The van der Waals surface area contributed by atoms with Crippen LogP contribution in [0.25, 0.3) is 0 Å². The Bertz CT molecular complexity index is 781. The molecule has 6 nitrogen and oxygen atoms in total. The second-order valence-electron chi connectivity index (χ2n) is 6.02. The van der Waals surface area contributed by atoms with E-state index in [9.17, 15) is 9.59 Å². The molecular formula is C20H22N2O4. The molecule has 0 spiro atoms. The van der Waals surface area contributed by atoms with E-state index in [1.807, 2.05) is 23.1 Å². The standard InChI is InChI=1S/C20H22N2O4/c1-25-16-9-7-15(8-10-16)19(23)22-13-11-21(12-14-22)18-6-4-3-5-17(18)20(24)26-2/h3-10H,11-14H2,1-2H3. The Labute approximate surface area is 152 Å². The first-order chi connectivity index (χ1) is 12.6. The lowest BCUT2D eigenvalue weighted by Crippen LogP contribution is -2.49. The van der Waals surface area contributed by atoms with Crippen molar-refractivity contribution in [2.24, 2.45) is 0 Å². The first-order valence-electron chi connectivity index (χ1n) is 8.49. The second-order valence-corrected chi connectivity index (χ2v) is 6.02. The van der Waals surface area contributed by atoms with Crippen LogP contribution in [0.3, 0.4) is 0 Å². The largest absolute Gasteiger partial charge is 0.497 e. The number of nitrogens with zero attached hydrogens (tertiary/aromatic N) is 2. The number of rotatable bonds is 4. The maximum atomic E-state index is 12.7. The van der Waals surface area contributed by atoms with E-state index in [-0.39, 0.29) is 11.9 Å². The van der Waals surface area contributed by atoms with Crippen LogP contribution >= 0.6 is 0 Å². The van der Waals surface area contributed by atoms with Gasteiger partial charge in [-0.2, -0.15) is 0 Å². The third-order valence-electron chi connectivity index (χ3n) is 4.55. The van der Waals surface area contributed by atoms with Gasteiger partial charge in [0.1, 0.15) is 5.75 Å². The zero-order valence-corrected chi connectivity index (χ0v) is 15.0. The average molecular weight is 354 g/mol. The number of ether oxygens (including phenoxy) is 2. The summed E-state index contributed by atoms with van der Waals surface area (Å²) in [6, 6.07) is 14.5. The van der Waals surface area contributed by atoms with Gasteiger partial charge in [0.25, 0.3) is 5.91 Å². The molecule has 2 aromatic carbocycles. The van der Waals surface area contributed by atoms with Gasteiger partial charge in [0, 0.05) is 31.7 Å². The van der Waals surface area contributed by atoms with E-state index in [2.05, 4.69) is 4.90 Å². The zero-order chi connectivity index (χ0) is 18.5. The molecule has 0 bridgehead atoms. The van der Waals surface area contributed by atoms with Crippen LogP contribution in [0.4, 0.5) is 5.69 Å². The molecule has 0 aromatic heterocycles. The molecule has 3 rings (SSSR count). The van der Waals surface area contributed by atoms with E-state index in [4.69, 9.17) is 9.47 Å². The maximum Gasteiger partial charge on any atom is 0.339 e. The Morgan fingerprint density at radius 2 is 1.54 bits per heavy atom. The Morgan fingerprint density at radius 1 is 0.885 bits per heavy atom. The van der Waals surface area contributed by atoms with Crippen LogP contribution in [-0.4, -0.2) is 57.2 Å². The summed E-state index contributed by atoms with van der Waals surface area (Å²) in [5, 5.41) is 0. The van der Waals surface area contributed by atoms with E-state index >= 15 is 0 Å². The Kier molecular flexibility index (Phi) is 5.41. The Morgan fingerprint density at radius 3 is 2.15 bits per heavy atom. The predicted molar refractivity (Wildman–Crippen MR) is 98.9 cm³/mol. The van der Waals surface area contributed by atoms with Crippen molar-refractivity contribution in [2.75, 3.05) is 45.3 Å². The summed E-state index contributed by atoms with van der Waals surface area (Å²) in [6.45, 7) is 2.52. The zero-order valence-electron chi connectivity index (χ0n) is 15.0. The molecule has 0 saturated carbocycles. The normalized spacial score (nSPS) is 14.1. The topological polar surface area (TPSA) is 59.1 Å². The van der Waals surface area contributed by atoms with Gasteiger partial charge in [-0.05, 0) is 36.4 Å². The highest BCUT2D eigenvalue weighted by atomic mass is 16.5. The molecule has 2 aromatic rings. The summed E-state index contributed by atoms with van der Waals surface area (Å²) in [6.07, 6.45) is 0. The van der Waals surface area contributed by atoms with Crippen molar-refractivity contribution in [1.29, 1.82) is 0 Å². The number of hydrogen-bond acceptors (Lipinski definition) is 5. The van der Waals surface area contributed by atoms with Crippen molar-refractivity contribution in [2.45, 2.75) is 0 Å². The van der Waals surface area contributed by atoms with Gasteiger partial charge in [0.15, 0.2) is 0 Å². The van der Waals surface area contributed by atoms with Crippen LogP contribution in [0.1, 0.15) is 20.7 Å². The van der Waals surface area contributed by atoms with Gasteiger partial charge in [-0.3, -0.25) is 4.79 Å². The number of carbonyl (C=O) groups excluding carboxylic acids is 2. The lowest BCUT2D eigenvalue weighted by atomic mass is 10.1. The summed E-state index contributed by atoms with van der Waals surface area (Å²) in [7, 11) is 2.98. The molecule has 1 amide bonds. The van der Waals surface area contributed by atoms with E-state index in [1.54, 1.807) is 37.4 Å². The van der Waals surface area contributed by atoms with Gasteiger partial charge in [-0.15, -0.1) is 0 Å². The summed E-state index contributed by atoms with van der Waals surface area (Å²) < 4.78 is 9.99. The minimum Gasteiger partial charge on any atom is -0.497 e. The molecule has 26 heavy (non-hydrogen) atoms. The first-order valence-corrected chi connectivity index (χ1v) is 8.49. The number of piperazine rings is 1. The molecule has 0 radical (unpaired) electrons. The lowest BCUT2D eigenvalue weighted by molar-refractivity contribution is 0.0600. The van der Waals surface area contributed by atoms with Gasteiger partial charge >= 0.3 is 5.97 Å². The van der Waals surface area contributed by atoms with Crippen molar-refractivity contribution in [3.8, 4) is 5.75 Å². The number of benzene rings is 2. The number of methoxy groups -OCH3 is 2. The van der Waals surface area contributed by atoms with Crippen molar-refractivity contribution in [3.63, 3.8) is 0 Å². The van der Waals surface area contributed by atoms with Crippen LogP contribution < -0.4 is 9.64 Å². The molecule has 136 valence electrons.